The number of hydrogen-bond acceptors (Lipinski definition) is 14. The standard InChI is InChI=1S/C59H79FN12O13/c1-32(2)22-44(50(77)27-37(11-9-21-65-58(63)64-5)56(83)71-48(55(62)82)26-38-30-66-43-14-7-6-13-41(38)43)72-59(85)67-31-52(79)46(25-36-10-8-12-39(60)23-36)70-57(84)42(33(3)73)28-51(78)47(29-53(61)80)69-54(81)20-19-49(76)45(68-34(4)74)24-35-15-17-40(75)18-16-35/h6-8,10,12-18,23,30,32-33,37,42,44-48,66,73,75H,9,11,19-22,24-29,31H2,1-5H3,(H2,61,80)(H2,62,82)(H,68,74)(H,69,81)(H,70,84)(H,71,83)(H3,63,64,65)(H2,67,72,85)/t33-,37-,42+,44+,45-,46+,47+,48+/m1/s1. The molecule has 3 aromatic carbocycles. The minimum absolute atomic E-state index is 0.0168. The molecule has 16 N–H and O–H groups in total. The number of aromatic amines is 1. The normalized spacial score (nSPS) is 14.2. The first-order chi connectivity index (χ1) is 40.2. The molecule has 0 saturated carbocycles. The number of para-hydroxylation sites is 1. The number of aromatic nitrogens is 1. The lowest BCUT2D eigenvalue weighted by atomic mass is 9.90. The topological polar surface area (TPSA) is 419 Å². The maximum Gasteiger partial charge on any atom is 0.315 e. The first-order valence-electron chi connectivity index (χ1n) is 27.8. The third kappa shape index (κ3) is 23.6. The van der Waals surface area contributed by atoms with Crippen molar-refractivity contribution in [2.75, 3.05) is 20.1 Å². The molecule has 4 rings (SSSR count). The second kappa shape index (κ2) is 33.9. The predicted molar refractivity (Wildman–Crippen MR) is 312 cm³/mol. The van der Waals surface area contributed by atoms with Crippen molar-refractivity contribution < 1.29 is 67.3 Å². The number of primary amides is 2. The van der Waals surface area contributed by atoms with E-state index in [1.807, 2.05) is 24.3 Å². The molecule has 460 valence electrons. The number of amides is 8. The van der Waals surface area contributed by atoms with E-state index >= 15 is 0 Å². The van der Waals surface area contributed by atoms with E-state index in [9.17, 15) is 67.3 Å². The summed E-state index contributed by atoms with van der Waals surface area (Å²) in [6, 6.07) is 10.7. The number of ketones is 4. The number of benzene rings is 3. The summed E-state index contributed by atoms with van der Waals surface area (Å²) in [6.07, 6.45) is -2.50. The van der Waals surface area contributed by atoms with Crippen LogP contribution in [0.15, 0.2) is 84.0 Å². The van der Waals surface area contributed by atoms with Gasteiger partial charge in [-0.2, -0.15) is 0 Å². The van der Waals surface area contributed by atoms with E-state index in [0.717, 1.165) is 28.6 Å². The zero-order valence-electron chi connectivity index (χ0n) is 48.3. The average molecular weight is 1180 g/mol. The van der Waals surface area contributed by atoms with Gasteiger partial charge < -0.3 is 69.6 Å². The third-order valence-electron chi connectivity index (χ3n) is 13.9. The minimum atomic E-state index is -1.64. The number of hydrogen-bond donors (Lipinski definition) is 13. The molecule has 1 aromatic heterocycles. The summed E-state index contributed by atoms with van der Waals surface area (Å²) in [5, 5.41) is 39.3. The molecule has 0 unspecified atom stereocenters. The third-order valence-corrected chi connectivity index (χ3v) is 13.9. The number of phenolic OH excluding ortho intramolecular Hbond substituents is 1. The Morgan fingerprint density at radius 1 is 0.659 bits per heavy atom. The summed E-state index contributed by atoms with van der Waals surface area (Å²) < 4.78 is 14.5. The largest absolute Gasteiger partial charge is 0.508 e. The second-order valence-electron chi connectivity index (χ2n) is 21.3. The van der Waals surface area contributed by atoms with Gasteiger partial charge in [-0.25, -0.2) is 9.18 Å². The number of carbonyl (C=O) groups is 11. The highest BCUT2D eigenvalue weighted by Gasteiger charge is 2.35. The van der Waals surface area contributed by atoms with Crippen LogP contribution in [0, 0.1) is 23.6 Å². The number of halogens is 1. The van der Waals surface area contributed by atoms with Crippen molar-refractivity contribution in [2.45, 2.75) is 135 Å². The molecular weight excluding hydrogens is 1100 g/mol. The number of aliphatic imine (C=N–C) groups is 1. The highest BCUT2D eigenvalue weighted by molar-refractivity contribution is 5.99. The molecule has 0 aliphatic heterocycles. The number of nitrogens with zero attached hydrogens (tertiary/aromatic N) is 1. The molecule has 8 amide bonds. The average Bonchev–Trinajstić information content (AvgIpc) is 4.13. The molecule has 1 heterocycles. The number of fused-ring (bicyclic) bond motifs is 1. The number of carbonyl (C=O) groups excluding carboxylic acids is 11. The summed E-state index contributed by atoms with van der Waals surface area (Å²) in [7, 11) is 1.49. The lowest BCUT2D eigenvalue weighted by Crippen LogP contribution is -2.53. The molecule has 0 saturated heterocycles. The number of aliphatic hydroxyl groups is 1. The maximum atomic E-state index is 14.5. The number of phenols is 1. The molecule has 0 fully saturated rings. The first kappa shape index (κ1) is 68.4. The number of H-pyrrole nitrogens is 1. The summed E-state index contributed by atoms with van der Waals surface area (Å²) in [6.45, 7) is 5.46. The van der Waals surface area contributed by atoms with Gasteiger partial charge in [0.05, 0.1) is 49.2 Å². The SMILES string of the molecule is CN=C(N)NCCC[C@H](CC(=O)[C@H](CC(C)C)NC(=O)NCC(=O)[C@H](Cc1cccc(F)c1)NC(=O)[C@@H](CC(=O)[C@H](CC(N)=O)NC(=O)CCC(=O)[C@@H](Cc1ccc(O)cc1)NC(C)=O)[C@@H](C)O)C(=O)N[C@@H](Cc1c[nH]c2ccccc12)C(N)=O. The fourth-order valence-electron chi connectivity index (χ4n) is 9.38. The van der Waals surface area contributed by atoms with Crippen molar-refractivity contribution in [1.29, 1.82) is 0 Å². The van der Waals surface area contributed by atoms with Gasteiger partial charge >= 0.3 is 6.03 Å². The Morgan fingerprint density at radius 3 is 1.95 bits per heavy atom. The van der Waals surface area contributed by atoms with E-state index in [0.29, 0.717) is 12.0 Å². The van der Waals surface area contributed by atoms with E-state index in [2.05, 4.69) is 47.2 Å². The molecule has 4 aromatic rings. The quantitative estimate of drug-likeness (QED) is 0.0171. The van der Waals surface area contributed by atoms with Gasteiger partial charge in [0, 0.05) is 75.6 Å². The zero-order chi connectivity index (χ0) is 62.9. The minimum Gasteiger partial charge on any atom is -0.508 e. The molecule has 0 radical (unpaired) electrons. The van der Waals surface area contributed by atoms with Crippen LogP contribution >= 0.6 is 0 Å². The van der Waals surface area contributed by atoms with Crippen LogP contribution in [0.2, 0.25) is 0 Å². The van der Waals surface area contributed by atoms with Gasteiger partial charge in [-0.15, -0.1) is 0 Å². The summed E-state index contributed by atoms with van der Waals surface area (Å²) in [4.78, 5) is 154. The molecule has 85 heavy (non-hydrogen) atoms. The van der Waals surface area contributed by atoms with Crippen LogP contribution in [0.25, 0.3) is 10.9 Å². The Kier molecular flexibility index (Phi) is 27.3. The van der Waals surface area contributed by atoms with Gasteiger partial charge in [-0.05, 0) is 92.0 Å². The molecular formula is C59H79FN12O13. The lowest BCUT2D eigenvalue weighted by Gasteiger charge is -2.26. The summed E-state index contributed by atoms with van der Waals surface area (Å²) in [5.74, 6) is -11.2. The number of Topliss-reactive ketones (excluding diaryl/α,β-unsaturated/α-hetero) is 4. The molecule has 26 heteroatoms. The van der Waals surface area contributed by atoms with Crippen molar-refractivity contribution in [3.63, 3.8) is 0 Å². The second-order valence-corrected chi connectivity index (χ2v) is 21.3. The zero-order valence-corrected chi connectivity index (χ0v) is 48.3. The molecule has 0 aliphatic rings. The highest BCUT2D eigenvalue weighted by atomic mass is 19.1. The van der Waals surface area contributed by atoms with E-state index in [4.69, 9.17) is 17.2 Å². The van der Waals surface area contributed by atoms with Gasteiger partial charge in [0.25, 0.3) is 0 Å². The van der Waals surface area contributed by atoms with Gasteiger partial charge in [-0.1, -0.05) is 56.3 Å². The smallest absolute Gasteiger partial charge is 0.315 e. The Morgan fingerprint density at radius 2 is 1.32 bits per heavy atom. The number of aromatic hydroxyl groups is 1. The van der Waals surface area contributed by atoms with E-state index in [-0.39, 0.29) is 61.8 Å². The van der Waals surface area contributed by atoms with Crippen molar-refractivity contribution in [1.82, 2.24) is 42.2 Å². The van der Waals surface area contributed by atoms with E-state index in [1.54, 1.807) is 32.2 Å². The van der Waals surface area contributed by atoms with Crippen molar-refractivity contribution in [2.24, 2.45) is 39.9 Å². The number of urea groups is 1. The summed E-state index contributed by atoms with van der Waals surface area (Å²) in [5.41, 5.74) is 19.3. The number of nitrogens with two attached hydrogens (primary N) is 3. The van der Waals surface area contributed by atoms with Gasteiger partial charge in [-0.3, -0.25) is 52.9 Å². The van der Waals surface area contributed by atoms with Crippen molar-refractivity contribution in [3.8, 4) is 5.75 Å². The number of nitrogens with one attached hydrogen (secondary N) is 8. The number of aliphatic hydroxyl groups excluding tert-OH is 1. The Bertz CT molecular complexity index is 3040. The lowest BCUT2D eigenvalue weighted by molar-refractivity contribution is -0.137. The number of rotatable bonds is 36. The van der Waals surface area contributed by atoms with Crippen LogP contribution in [0.5, 0.6) is 5.75 Å². The molecule has 25 nitrogen and oxygen atoms in total. The van der Waals surface area contributed by atoms with Gasteiger partial charge in [0.2, 0.25) is 35.4 Å². The molecule has 0 spiro atoms. The Labute approximate surface area is 491 Å². The van der Waals surface area contributed by atoms with Gasteiger partial charge in [0.15, 0.2) is 29.1 Å². The van der Waals surface area contributed by atoms with Gasteiger partial charge in [0.1, 0.15) is 17.6 Å². The van der Waals surface area contributed by atoms with Crippen LogP contribution in [0.4, 0.5) is 9.18 Å². The van der Waals surface area contributed by atoms with Crippen LogP contribution < -0.4 is 54.4 Å². The van der Waals surface area contributed by atoms with Crippen molar-refractivity contribution in [3.05, 3.63) is 102 Å². The first-order valence-corrected chi connectivity index (χ1v) is 27.8. The van der Waals surface area contributed by atoms with Crippen LogP contribution in [0.1, 0.15) is 95.8 Å². The maximum absolute atomic E-state index is 14.5. The van der Waals surface area contributed by atoms with E-state index in [1.165, 1.54) is 45.2 Å². The molecule has 0 aliphatic carbocycles. The monoisotopic (exact) mass is 1180 g/mol. The fourth-order valence-corrected chi connectivity index (χ4v) is 9.38. The van der Waals surface area contributed by atoms with Crippen molar-refractivity contribution >= 4 is 81.5 Å². The summed E-state index contributed by atoms with van der Waals surface area (Å²) >= 11 is 0. The van der Waals surface area contributed by atoms with E-state index < -0.39 is 157 Å². The Balaban J connectivity index is 1.46. The molecule has 8 atom stereocenters. The fraction of sp³-hybridized carbons (Fsp3) is 0.458. The molecule has 0 bridgehead atoms. The van der Waals surface area contributed by atoms with Crippen LogP contribution in [-0.4, -0.2) is 142 Å². The van der Waals surface area contributed by atoms with Crippen LogP contribution in [0.3, 0.4) is 0 Å². The predicted octanol–water partition coefficient (Wildman–Crippen LogP) is 0.839. The number of guanidine groups is 1. The van der Waals surface area contributed by atoms with Crippen LogP contribution in [-0.2, 0) is 67.2 Å². The Hall–Kier alpha value is -9.07. The highest BCUT2D eigenvalue weighted by Crippen LogP contribution is 2.22.